The van der Waals surface area contributed by atoms with Crippen molar-refractivity contribution in [2.75, 3.05) is 19.0 Å². The zero-order chi connectivity index (χ0) is 17.5. The van der Waals surface area contributed by atoms with Crippen LogP contribution in [0.5, 0.6) is 11.5 Å². The van der Waals surface area contributed by atoms with Crippen LogP contribution in [0.4, 0.5) is 0 Å². The molecule has 0 amide bonds. The van der Waals surface area contributed by atoms with Gasteiger partial charge in [0.15, 0.2) is 0 Å². The van der Waals surface area contributed by atoms with E-state index in [1.165, 1.54) is 24.6 Å². The maximum absolute atomic E-state index is 10.2. The fourth-order valence-electron chi connectivity index (χ4n) is 2.87. The Bertz CT molecular complexity index is 644. The van der Waals surface area contributed by atoms with E-state index in [0.29, 0.717) is 24.2 Å². The van der Waals surface area contributed by atoms with Crippen molar-refractivity contribution in [1.29, 1.82) is 0 Å². The van der Waals surface area contributed by atoms with E-state index in [4.69, 9.17) is 9.47 Å². The van der Waals surface area contributed by atoms with Gasteiger partial charge in [-0.05, 0) is 54.5 Å². The van der Waals surface area contributed by atoms with E-state index >= 15 is 0 Å². The topological polar surface area (TPSA) is 82.3 Å². The van der Waals surface area contributed by atoms with E-state index < -0.39 is 6.10 Å². The van der Waals surface area contributed by atoms with E-state index in [2.05, 4.69) is 15.5 Å². The summed E-state index contributed by atoms with van der Waals surface area (Å²) < 4.78 is 12.9. The first kappa shape index (κ1) is 18.0. The van der Waals surface area contributed by atoms with E-state index in [0.717, 1.165) is 23.7 Å². The summed E-state index contributed by atoms with van der Waals surface area (Å²) >= 11 is 1.47. The standard InChI is InChI=1S/C17H24N4O3S/c1-2-23-15-7-9-16(10-8-15)24-11-14(22)12-25-17-18-19-20-21(17)13-5-3-4-6-13/h7-10,13-14,22H,2-6,11-12H2,1H3/t14-/m0/s1. The van der Waals surface area contributed by atoms with Crippen molar-refractivity contribution in [2.24, 2.45) is 0 Å². The highest BCUT2D eigenvalue weighted by molar-refractivity contribution is 7.99. The fourth-order valence-corrected chi connectivity index (χ4v) is 3.72. The van der Waals surface area contributed by atoms with Crippen LogP contribution in [-0.2, 0) is 0 Å². The van der Waals surface area contributed by atoms with Crippen LogP contribution in [0, 0.1) is 0 Å². The molecule has 0 spiro atoms. The molecule has 0 unspecified atom stereocenters. The van der Waals surface area contributed by atoms with E-state index in [1.54, 1.807) is 0 Å². The van der Waals surface area contributed by atoms with Gasteiger partial charge in [-0.3, -0.25) is 0 Å². The number of tetrazole rings is 1. The Labute approximate surface area is 151 Å². The van der Waals surface area contributed by atoms with E-state index in [1.807, 2.05) is 35.9 Å². The molecule has 0 radical (unpaired) electrons. The van der Waals surface area contributed by atoms with Crippen molar-refractivity contribution >= 4 is 11.8 Å². The second kappa shape index (κ2) is 9.05. The van der Waals surface area contributed by atoms with Gasteiger partial charge in [-0.25, -0.2) is 4.68 Å². The zero-order valence-electron chi connectivity index (χ0n) is 14.4. The van der Waals surface area contributed by atoms with Gasteiger partial charge in [0.05, 0.1) is 18.8 Å². The van der Waals surface area contributed by atoms with Crippen molar-refractivity contribution in [3.63, 3.8) is 0 Å². The van der Waals surface area contributed by atoms with Crippen molar-refractivity contribution in [2.45, 2.75) is 49.9 Å². The highest BCUT2D eigenvalue weighted by atomic mass is 32.2. The Morgan fingerprint density at radius 3 is 2.56 bits per heavy atom. The summed E-state index contributed by atoms with van der Waals surface area (Å²) in [5.74, 6) is 2.01. The summed E-state index contributed by atoms with van der Waals surface area (Å²) in [5, 5.41) is 22.9. The maximum Gasteiger partial charge on any atom is 0.209 e. The molecule has 1 saturated carbocycles. The largest absolute Gasteiger partial charge is 0.494 e. The van der Waals surface area contributed by atoms with Crippen LogP contribution >= 0.6 is 11.8 Å². The van der Waals surface area contributed by atoms with Gasteiger partial charge in [0, 0.05) is 5.75 Å². The smallest absolute Gasteiger partial charge is 0.209 e. The number of ether oxygens (including phenoxy) is 2. The molecule has 3 rings (SSSR count). The van der Waals surface area contributed by atoms with Crippen LogP contribution in [0.25, 0.3) is 0 Å². The van der Waals surface area contributed by atoms with Gasteiger partial charge in [-0.2, -0.15) is 0 Å². The Hall–Kier alpha value is -1.80. The fraction of sp³-hybridized carbons (Fsp3) is 0.588. The number of aliphatic hydroxyl groups is 1. The lowest BCUT2D eigenvalue weighted by atomic mass is 10.3. The highest BCUT2D eigenvalue weighted by Gasteiger charge is 2.22. The van der Waals surface area contributed by atoms with Crippen molar-refractivity contribution in [3.05, 3.63) is 24.3 Å². The molecule has 1 fully saturated rings. The van der Waals surface area contributed by atoms with E-state index in [-0.39, 0.29) is 6.61 Å². The summed E-state index contributed by atoms with van der Waals surface area (Å²) in [7, 11) is 0. The first-order valence-electron chi connectivity index (χ1n) is 8.70. The molecular weight excluding hydrogens is 340 g/mol. The molecule has 25 heavy (non-hydrogen) atoms. The summed E-state index contributed by atoms with van der Waals surface area (Å²) in [6.07, 6.45) is 4.12. The first-order chi connectivity index (χ1) is 12.3. The molecule has 1 aromatic heterocycles. The number of aliphatic hydroxyl groups excluding tert-OH is 1. The number of rotatable bonds is 9. The molecule has 1 atom stereocenters. The lowest BCUT2D eigenvalue weighted by Gasteiger charge is -2.14. The number of nitrogens with zero attached hydrogens (tertiary/aromatic N) is 4. The first-order valence-corrected chi connectivity index (χ1v) is 9.69. The van der Waals surface area contributed by atoms with Crippen LogP contribution in [0.15, 0.2) is 29.4 Å². The average Bonchev–Trinajstić information content (AvgIpc) is 3.30. The van der Waals surface area contributed by atoms with Crippen molar-refractivity contribution in [3.8, 4) is 11.5 Å². The Morgan fingerprint density at radius 2 is 1.88 bits per heavy atom. The molecule has 0 saturated heterocycles. The van der Waals surface area contributed by atoms with Gasteiger partial charge in [-0.1, -0.05) is 24.6 Å². The second-order valence-electron chi connectivity index (χ2n) is 6.02. The predicted octanol–water partition coefficient (Wildman–Crippen LogP) is 2.72. The molecule has 0 aliphatic heterocycles. The van der Waals surface area contributed by atoms with Crippen LogP contribution in [0.2, 0.25) is 0 Å². The molecular formula is C17H24N4O3S. The third-order valence-corrected chi connectivity index (χ3v) is 5.19. The molecule has 136 valence electrons. The molecule has 1 aromatic carbocycles. The van der Waals surface area contributed by atoms with Crippen LogP contribution < -0.4 is 9.47 Å². The summed E-state index contributed by atoms with van der Waals surface area (Å²) in [4.78, 5) is 0. The Balaban J connectivity index is 1.44. The van der Waals surface area contributed by atoms with Gasteiger partial charge in [0.1, 0.15) is 18.1 Å². The molecule has 0 bridgehead atoms. The van der Waals surface area contributed by atoms with Gasteiger partial charge in [-0.15, -0.1) is 5.10 Å². The molecule has 1 N–H and O–H groups in total. The third kappa shape index (κ3) is 5.09. The lowest BCUT2D eigenvalue weighted by Crippen LogP contribution is -2.20. The van der Waals surface area contributed by atoms with Crippen LogP contribution in [0.1, 0.15) is 38.6 Å². The molecule has 1 heterocycles. The number of benzene rings is 1. The lowest BCUT2D eigenvalue weighted by molar-refractivity contribution is 0.126. The zero-order valence-corrected chi connectivity index (χ0v) is 15.2. The van der Waals surface area contributed by atoms with Crippen LogP contribution in [0.3, 0.4) is 0 Å². The van der Waals surface area contributed by atoms with Gasteiger partial charge < -0.3 is 14.6 Å². The maximum atomic E-state index is 10.2. The molecule has 8 heteroatoms. The minimum atomic E-state index is -0.592. The van der Waals surface area contributed by atoms with Gasteiger partial charge >= 0.3 is 0 Å². The third-order valence-electron chi connectivity index (χ3n) is 4.12. The molecule has 2 aromatic rings. The molecule has 7 nitrogen and oxygen atoms in total. The number of hydrogen-bond donors (Lipinski definition) is 1. The molecule has 1 aliphatic carbocycles. The van der Waals surface area contributed by atoms with Gasteiger partial charge in [0.2, 0.25) is 5.16 Å². The van der Waals surface area contributed by atoms with E-state index in [9.17, 15) is 5.11 Å². The SMILES string of the molecule is CCOc1ccc(OC[C@H](O)CSc2nnnn2C2CCCC2)cc1. The predicted molar refractivity (Wildman–Crippen MR) is 95.2 cm³/mol. The summed E-state index contributed by atoms with van der Waals surface area (Å²) in [6, 6.07) is 7.79. The minimum absolute atomic E-state index is 0.228. The Kier molecular flexibility index (Phi) is 6.52. The summed E-state index contributed by atoms with van der Waals surface area (Å²) in [6.45, 7) is 2.81. The second-order valence-corrected chi connectivity index (χ2v) is 7.01. The monoisotopic (exact) mass is 364 g/mol. The Morgan fingerprint density at radius 1 is 1.20 bits per heavy atom. The van der Waals surface area contributed by atoms with Gasteiger partial charge in [0.25, 0.3) is 0 Å². The number of thioether (sulfide) groups is 1. The normalized spacial score (nSPS) is 16.1. The highest BCUT2D eigenvalue weighted by Crippen LogP contribution is 2.31. The number of aromatic nitrogens is 4. The van der Waals surface area contributed by atoms with Crippen LogP contribution in [-0.4, -0.2) is 50.4 Å². The molecule has 1 aliphatic rings. The average molecular weight is 364 g/mol. The van der Waals surface area contributed by atoms with Crippen molar-refractivity contribution < 1.29 is 14.6 Å². The minimum Gasteiger partial charge on any atom is -0.494 e. The number of hydrogen-bond acceptors (Lipinski definition) is 7. The van der Waals surface area contributed by atoms with Crippen molar-refractivity contribution in [1.82, 2.24) is 20.2 Å². The quantitative estimate of drug-likeness (QED) is 0.685. The summed E-state index contributed by atoms with van der Waals surface area (Å²) in [5.41, 5.74) is 0.